The van der Waals surface area contributed by atoms with Gasteiger partial charge in [-0.2, -0.15) is 0 Å². The lowest BCUT2D eigenvalue weighted by Crippen LogP contribution is -2.45. The van der Waals surface area contributed by atoms with Gasteiger partial charge in [0.15, 0.2) is 0 Å². The summed E-state index contributed by atoms with van der Waals surface area (Å²) in [5, 5.41) is 12.3. The second kappa shape index (κ2) is 10.2. The summed E-state index contributed by atoms with van der Waals surface area (Å²) >= 11 is 0. The molecule has 0 bridgehead atoms. The molecule has 0 radical (unpaired) electrons. The number of amides is 1. The largest absolute Gasteiger partial charge is 0.395 e. The number of aliphatic hydroxyl groups is 1. The Hall–Kier alpha value is -0.650. The van der Waals surface area contributed by atoms with Crippen LogP contribution in [0.25, 0.3) is 0 Å². The van der Waals surface area contributed by atoms with Crippen LogP contribution in [0.5, 0.6) is 0 Å². The SMILES string of the molecule is CCCCCCN(CCO)C(=O)CC1COCCN1. The lowest BCUT2D eigenvalue weighted by atomic mass is 10.1. The van der Waals surface area contributed by atoms with Crippen molar-refractivity contribution in [3.63, 3.8) is 0 Å². The number of morpholine rings is 1. The normalized spacial score (nSPS) is 19.4. The minimum absolute atomic E-state index is 0.0358. The maximum absolute atomic E-state index is 12.2. The third-order valence-corrected chi connectivity index (χ3v) is 3.42. The van der Waals surface area contributed by atoms with Gasteiger partial charge >= 0.3 is 0 Å². The molecule has 1 fully saturated rings. The Labute approximate surface area is 116 Å². The highest BCUT2D eigenvalue weighted by Gasteiger charge is 2.20. The van der Waals surface area contributed by atoms with Gasteiger partial charge in [-0.1, -0.05) is 26.2 Å². The predicted octanol–water partition coefficient (Wildman–Crippen LogP) is 0.766. The van der Waals surface area contributed by atoms with E-state index in [0.29, 0.717) is 19.6 Å². The standard InChI is InChI=1S/C14H28N2O3/c1-2-3-4-5-7-16(8-9-17)14(18)11-13-12-19-10-6-15-13/h13,15,17H,2-12H2,1H3. The lowest BCUT2D eigenvalue weighted by molar-refractivity contribution is -0.133. The van der Waals surface area contributed by atoms with Crippen LogP contribution in [0.1, 0.15) is 39.0 Å². The second-order valence-corrected chi connectivity index (χ2v) is 5.10. The summed E-state index contributed by atoms with van der Waals surface area (Å²) in [5.74, 6) is 0.119. The Balaban J connectivity index is 2.29. The molecule has 5 nitrogen and oxygen atoms in total. The van der Waals surface area contributed by atoms with E-state index in [2.05, 4.69) is 12.2 Å². The minimum atomic E-state index is 0.0358. The van der Waals surface area contributed by atoms with Crippen LogP contribution in [-0.4, -0.2) is 61.4 Å². The number of aliphatic hydroxyl groups excluding tert-OH is 1. The average molecular weight is 272 g/mol. The van der Waals surface area contributed by atoms with E-state index in [1.807, 2.05) is 0 Å². The molecule has 1 amide bonds. The molecule has 1 unspecified atom stereocenters. The molecular weight excluding hydrogens is 244 g/mol. The number of carbonyl (C=O) groups is 1. The number of nitrogens with zero attached hydrogens (tertiary/aromatic N) is 1. The zero-order valence-electron chi connectivity index (χ0n) is 12.1. The van der Waals surface area contributed by atoms with E-state index in [4.69, 9.17) is 9.84 Å². The van der Waals surface area contributed by atoms with Gasteiger partial charge in [-0.25, -0.2) is 0 Å². The number of nitrogens with one attached hydrogen (secondary N) is 1. The average Bonchev–Trinajstić information content (AvgIpc) is 2.43. The third-order valence-electron chi connectivity index (χ3n) is 3.42. The van der Waals surface area contributed by atoms with Crippen LogP contribution in [0.4, 0.5) is 0 Å². The highest BCUT2D eigenvalue weighted by molar-refractivity contribution is 5.76. The van der Waals surface area contributed by atoms with Crippen LogP contribution in [0.2, 0.25) is 0 Å². The Bertz CT molecular complexity index is 243. The van der Waals surface area contributed by atoms with Gasteiger partial charge in [0, 0.05) is 32.1 Å². The molecule has 0 spiro atoms. The van der Waals surface area contributed by atoms with E-state index < -0.39 is 0 Å². The summed E-state index contributed by atoms with van der Waals surface area (Å²) in [4.78, 5) is 14.0. The Kier molecular flexibility index (Phi) is 8.79. The molecule has 1 aliphatic rings. The zero-order chi connectivity index (χ0) is 13.9. The number of hydrogen-bond acceptors (Lipinski definition) is 4. The maximum atomic E-state index is 12.2. The van der Waals surface area contributed by atoms with Gasteiger partial charge in [0.05, 0.1) is 19.8 Å². The first-order chi connectivity index (χ1) is 9.27. The van der Waals surface area contributed by atoms with E-state index in [0.717, 1.165) is 32.5 Å². The summed E-state index contributed by atoms with van der Waals surface area (Å²) in [6.07, 6.45) is 5.04. The number of ether oxygens (including phenoxy) is 1. The van der Waals surface area contributed by atoms with Crippen molar-refractivity contribution in [1.82, 2.24) is 10.2 Å². The van der Waals surface area contributed by atoms with Crippen LogP contribution in [0, 0.1) is 0 Å². The van der Waals surface area contributed by atoms with Crippen molar-refractivity contribution < 1.29 is 14.6 Å². The van der Waals surface area contributed by atoms with Gasteiger partial charge in [-0.3, -0.25) is 4.79 Å². The van der Waals surface area contributed by atoms with Crippen LogP contribution < -0.4 is 5.32 Å². The lowest BCUT2D eigenvalue weighted by Gasteiger charge is -2.27. The van der Waals surface area contributed by atoms with Gasteiger partial charge in [-0.15, -0.1) is 0 Å². The van der Waals surface area contributed by atoms with Gasteiger partial charge < -0.3 is 20.1 Å². The topological polar surface area (TPSA) is 61.8 Å². The molecule has 0 saturated carbocycles. The Morgan fingerprint density at radius 2 is 2.21 bits per heavy atom. The number of carbonyl (C=O) groups excluding carboxylic acids is 1. The predicted molar refractivity (Wildman–Crippen MR) is 75.0 cm³/mol. The molecule has 0 aromatic rings. The second-order valence-electron chi connectivity index (χ2n) is 5.10. The minimum Gasteiger partial charge on any atom is -0.395 e. The van der Waals surface area contributed by atoms with Gasteiger partial charge in [-0.05, 0) is 6.42 Å². The monoisotopic (exact) mass is 272 g/mol. The number of rotatable bonds is 9. The molecule has 112 valence electrons. The summed E-state index contributed by atoms with van der Waals surface area (Å²) in [7, 11) is 0. The van der Waals surface area contributed by atoms with Crippen LogP contribution >= 0.6 is 0 Å². The van der Waals surface area contributed by atoms with Crippen molar-refractivity contribution in [2.24, 2.45) is 0 Å². The number of hydrogen-bond donors (Lipinski definition) is 2. The van der Waals surface area contributed by atoms with Crippen LogP contribution in [0.15, 0.2) is 0 Å². The first-order valence-electron chi connectivity index (χ1n) is 7.47. The molecule has 2 N–H and O–H groups in total. The molecule has 0 aliphatic carbocycles. The van der Waals surface area contributed by atoms with E-state index >= 15 is 0 Å². The van der Waals surface area contributed by atoms with E-state index in [1.165, 1.54) is 12.8 Å². The molecule has 0 aromatic heterocycles. The number of unbranched alkanes of at least 4 members (excludes halogenated alkanes) is 3. The molecular formula is C14H28N2O3. The van der Waals surface area contributed by atoms with Gasteiger partial charge in [0.25, 0.3) is 0 Å². The molecule has 5 heteroatoms. The van der Waals surface area contributed by atoms with Gasteiger partial charge in [0.1, 0.15) is 0 Å². The fourth-order valence-electron chi connectivity index (χ4n) is 2.30. The summed E-state index contributed by atoms with van der Waals surface area (Å²) in [5.41, 5.74) is 0. The molecule has 0 aromatic carbocycles. The molecule has 19 heavy (non-hydrogen) atoms. The smallest absolute Gasteiger partial charge is 0.224 e. The van der Waals surface area contributed by atoms with Gasteiger partial charge in [0.2, 0.25) is 5.91 Å². The Morgan fingerprint density at radius 3 is 2.84 bits per heavy atom. The fourth-order valence-corrected chi connectivity index (χ4v) is 2.30. The summed E-state index contributed by atoms with van der Waals surface area (Å²) < 4.78 is 5.35. The highest BCUT2D eigenvalue weighted by Crippen LogP contribution is 2.06. The summed E-state index contributed by atoms with van der Waals surface area (Å²) in [6.45, 7) is 5.55. The van der Waals surface area contributed by atoms with Crippen LogP contribution in [-0.2, 0) is 9.53 Å². The van der Waals surface area contributed by atoms with Crippen molar-refractivity contribution in [3.8, 4) is 0 Å². The van der Waals surface area contributed by atoms with E-state index in [9.17, 15) is 4.79 Å². The quantitative estimate of drug-likeness (QED) is 0.609. The van der Waals surface area contributed by atoms with Crippen LogP contribution in [0.3, 0.4) is 0 Å². The molecule has 1 aliphatic heterocycles. The highest BCUT2D eigenvalue weighted by atomic mass is 16.5. The molecule has 1 atom stereocenters. The fraction of sp³-hybridized carbons (Fsp3) is 0.929. The first-order valence-corrected chi connectivity index (χ1v) is 7.47. The van der Waals surface area contributed by atoms with Crippen molar-refractivity contribution in [2.75, 3.05) is 39.5 Å². The van der Waals surface area contributed by atoms with E-state index in [1.54, 1.807) is 4.90 Å². The molecule has 1 heterocycles. The zero-order valence-corrected chi connectivity index (χ0v) is 12.1. The maximum Gasteiger partial charge on any atom is 0.224 e. The van der Waals surface area contributed by atoms with Crippen molar-refractivity contribution in [2.45, 2.75) is 45.1 Å². The van der Waals surface area contributed by atoms with Crippen molar-refractivity contribution in [1.29, 1.82) is 0 Å². The Morgan fingerprint density at radius 1 is 1.37 bits per heavy atom. The third kappa shape index (κ3) is 6.89. The summed E-state index contributed by atoms with van der Waals surface area (Å²) in [6, 6.07) is 0.123. The van der Waals surface area contributed by atoms with Crippen molar-refractivity contribution >= 4 is 5.91 Å². The van der Waals surface area contributed by atoms with Crippen molar-refractivity contribution in [3.05, 3.63) is 0 Å². The first kappa shape index (κ1) is 16.4. The van der Waals surface area contributed by atoms with E-state index in [-0.39, 0.29) is 18.6 Å². The molecule has 1 rings (SSSR count). The molecule has 1 saturated heterocycles.